The van der Waals surface area contributed by atoms with Crippen molar-refractivity contribution in [3.63, 3.8) is 0 Å². The van der Waals surface area contributed by atoms with E-state index in [4.69, 9.17) is 5.73 Å². The molecule has 1 unspecified atom stereocenters. The summed E-state index contributed by atoms with van der Waals surface area (Å²) >= 11 is 0. The maximum absolute atomic E-state index is 13.7. The van der Waals surface area contributed by atoms with Crippen LogP contribution in [-0.4, -0.2) is 26.9 Å². The first-order valence-corrected chi connectivity index (χ1v) is 7.32. The fourth-order valence-electron chi connectivity index (χ4n) is 1.88. The Morgan fingerprint density at radius 3 is 2.70 bits per heavy atom. The van der Waals surface area contributed by atoms with Crippen molar-refractivity contribution in [3.05, 3.63) is 23.8 Å². The monoisotopic (exact) mass is 305 g/mol. The Labute approximate surface area is 114 Å². The van der Waals surface area contributed by atoms with Crippen molar-refractivity contribution in [3.8, 4) is 0 Å². The van der Waals surface area contributed by atoms with Gasteiger partial charge >= 0.3 is 0 Å². The topological polar surface area (TPSA) is 101 Å². The highest BCUT2D eigenvalue weighted by Crippen LogP contribution is 2.22. The lowest BCUT2D eigenvalue weighted by Gasteiger charge is -2.13. The Morgan fingerprint density at radius 1 is 1.40 bits per heavy atom. The number of nitrogen functional groups attached to an aromatic ring is 1. The summed E-state index contributed by atoms with van der Waals surface area (Å²) in [6.07, 6.45) is 0.819. The Kier molecular flexibility index (Phi) is 3.91. The van der Waals surface area contributed by atoms with Crippen molar-refractivity contribution in [2.75, 3.05) is 12.3 Å². The molecule has 1 fully saturated rings. The largest absolute Gasteiger partial charge is 0.394 e. The molecule has 6 nitrogen and oxygen atoms in total. The molecular weight excluding hydrogens is 292 g/mol. The van der Waals surface area contributed by atoms with Crippen LogP contribution in [0, 0.1) is 11.6 Å². The van der Waals surface area contributed by atoms with Gasteiger partial charge in [0.1, 0.15) is 16.4 Å². The first-order valence-electron chi connectivity index (χ1n) is 5.84. The third-order valence-electron chi connectivity index (χ3n) is 2.99. The molecule has 1 atom stereocenters. The normalized spacial score (nSPS) is 19.1. The van der Waals surface area contributed by atoms with Crippen LogP contribution in [0.1, 0.15) is 12.8 Å². The van der Waals surface area contributed by atoms with Crippen LogP contribution in [0.3, 0.4) is 0 Å². The molecule has 9 heteroatoms. The molecule has 4 N–H and O–H groups in total. The Hall–Kier alpha value is -1.74. The van der Waals surface area contributed by atoms with Crippen LogP contribution in [-0.2, 0) is 14.8 Å². The Balaban J connectivity index is 2.14. The van der Waals surface area contributed by atoms with E-state index in [-0.39, 0.29) is 18.5 Å². The van der Waals surface area contributed by atoms with Gasteiger partial charge in [-0.05, 0) is 18.6 Å². The molecule has 2 rings (SSSR count). The van der Waals surface area contributed by atoms with E-state index in [0.29, 0.717) is 12.8 Å². The standard InChI is InChI=1S/C11H13F2N3O3S/c12-7-2-3-8(10(13)11(7)14)20(18,19)15-5-6-1-4-9(17)16-6/h2-3,6,15H,1,4-5,14H2,(H,16,17). The molecule has 1 aromatic rings. The molecule has 1 aromatic carbocycles. The first kappa shape index (κ1) is 14.7. The number of carbonyl (C=O) groups is 1. The van der Waals surface area contributed by atoms with Crippen LogP contribution in [0.5, 0.6) is 0 Å². The minimum absolute atomic E-state index is 0.0647. The quantitative estimate of drug-likeness (QED) is 0.687. The SMILES string of the molecule is Nc1c(F)ccc(S(=O)(=O)NCC2CCC(=O)N2)c1F. The van der Waals surface area contributed by atoms with Crippen LogP contribution in [0.4, 0.5) is 14.5 Å². The van der Waals surface area contributed by atoms with Crippen molar-refractivity contribution in [1.29, 1.82) is 0 Å². The number of nitrogens with two attached hydrogens (primary N) is 1. The van der Waals surface area contributed by atoms with Gasteiger partial charge in [-0.25, -0.2) is 21.9 Å². The van der Waals surface area contributed by atoms with Gasteiger partial charge in [0.05, 0.1) is 0 Å². The molecule has 0 saturated carbocycles. The first-order chi connectivity index (χ1) is 9.31. The highest BCUT2D eigenvalue weighted by Gasteiger charge is 2.26. The molecule has 0 spiro atoms. The summed E-state index contributed by atoms with van der Waals surface area (Å²) in [6.45, 7) is -0.0647. The van der Waals surface area contributed by atoms with Crippen LogP contribution in [0.25, 0.3) is 0 Å². The number of rotatable bonds is 4. The number of sulfonamides is 1. The molecule has 0 bridgehead atoms. The number of carbonyl (C=O) groups excluding carboxylic acids is 1. The third kappa shape index (κ3) is 2.88. The van der Waals surface area contributed by atoms with Crippen molar-refractivity contribution in [1.82, 2.24) is 10.0 Å². The van der Waals surface area contributed by atoms with Gasteiger partial charge in [-0.1, -0.05) is 0 Å². The number of hydrogen-bond acceptors (Lipinski definition) is 4. The lowest BCUT2D eigenvalue weighted by molar-refractivity contribution is -0.119. The van der Waals surface area contributed by atoms with Gasteiger partial charge < -0.3 is 11.1 Å². The molecule has 0 aromatic heterocycles. The molecule has 0 aliphatic carbocycles. The van der Waals surface area contributed by atoms with Crippen LogP contribution < -0.4 is 15.8 Å². The predicted octanol–water partition coefficient (Wildman–Crippen LogP) is 0.104. The Morgan fingerprint density at radius 2 is 2.10 bits per heavy atom. The second-order valence-electron chi connectivity index (χ2n) is 4.43. The van der Waals surface area contributed by atoms with E-state index < -0.39 is 32.2 Å². The van der Waals surface area contributed by atoms with Gasteiger partial charge in [0.2, 0.25) is 15.9 Å². The minimum atomic E-state index is -4.16. The molecule has 1 aliphatic rings. The number of nitrogens with one attached hydrogen (secondary N) is 2. The number of benzene rings is 1. The second-order valence-corrected chi connectivity index (χ2v) is 6.16. The van der Waals surface area contributed by atoms with E-state index >= 15 is 0 Å². The zero-order valence-corrected chi connectivity index (χ0v) is 11.1. The summed E-state index contributed by atoms with van der Waals surface area (Å²) in [5.74, 6) is -2.51. The van der Waals surface area contributed by atoms with E-state index in [0.717, 1.165) is 12.1 Å². The van der Waals surface area contributed by atoms with Gasteiger partial charge in [0, 0.05) is 19.0 Å². The number of halogens is 2. The lowest BCUT2D eigenvalue weighted by atomic mass is 10.2. The lowest BCUT2D eigenvalue weighted by Crippen LogP contribution is -2.38. The number of anilines is 1. The zero-order chi connectivity index (χ0) is 14.9. The molecule has 1 saturated heterocycles. The molecule has 1 amide bonds. The molecule has 1 aliphatic heterocycles. The fraction of sp³-hybridized carbons (Fsp3) is 0.364. The predicted molar refractivity (Wildman–Crippen MR) is 67.1 cm³/mol. The van der Waals surface area contributed by atoms with Crippen molar-refractivity contribution < 1.29 is 22.0 Å². The highest BCUT2D eigenvalue weighted by atomic mass is 32.2. The Bertz CT molecular complexity index is 649. The van der Waals surface area contributed by atoms with Crippen LogP contribution >= 0.6 is 0 Å². The van der Waals surface area contributed by atoms with E-state index in [2.05, 4.69) is 10.0 Å². The summed E-state index contributed by atoms with van der Waals surface area (Å²) in [5, 5.41) is 2.57. The highest BCUT2D eigenvalue weighted by molar-refractivity contribution is 7.89. The van der Waals surface area contributed by atoms with E-state index in [9.17, 15) is 22.0 Å². The fourth-order valence-corrected chi connectivity index (χ4v) is 3.04. The van der Waals surface area contributed by atoms with Crippen molar-refractivity contribution >= 4 is 21.6 Å². The van der Waals surface area contributed by atoms with Gasteiger partial charge in [0.25, 0.3) is 0 Å². The molecule has 20 heavy (non-hydrogen) atoms. The zero-order valence-electron chi connectivity index (χ0n) is 10.3. The summed E-state index contributed by atoms with van der Waals surface area (Å²) in [6, 6.07) is 1.25. The average molecular weight is 305 g/mol. The second kappa shape index (κ2) is 5.33. The smallest absolute Gasteiger partial charge is 0.243 e. The van der Waals surface area contributed by atoms with E-state index in [1.54, 1.807) is 0 Å². The van der Waals surface area contributed by atoms with Gasteiger partial charge in [-0.3, -0.25) is 4.79 Å². The number of amides is 1. The van der Waals surface area contributed by atoms with Gasteiger partial charge in [-0.15, -0.1) is 0 Å². The maximum Gasteiger partial charge on any atom is 0.243 e. The summed E-state index contributed by atoms with van der Waals surface area (Å²) < 4.78 is 52.7. The van der Waals surface area contributed by atoms with Crippen molar-refractivity contribution in [2.45, 2.75) is 23.8 Å². The van der Waals surface area contributed by atoms with E-state index in [1.165, 1.54) is 0 Å². The minimum Gasteiger partial charge on any atom is -0.394 e. The third-order valence-corrected chi connectivity index (χ3v) is 4.43. The number of hydrogen-bond donors (Lipinski definition) is 3. The molecule has 0 radical (unpaired) electrons. The molecular formula is C11H13F2N3O3S. The van der Waals surface area contributed by atoms with Crippen LogP contribution in [0.15, 0.2) is 17.0 Å². The molecule has 1 heterocycles. The average Bonchev–Trinajstić information content (AvgIpc) is 2.79. The van der Waals surface area contributed by atoms with Crippen LogP contribution in [0.2, 0.25) is 0 Å². The summed E-state index contributed by atoms with van der Waals surface area (Å²) in [7, 11) is -4.16. The van der Waals surface area contributed by atoms with E-state index in [1.807, 2.05) is 0 Å². The maximum atomic E-state index is 13.7. The van der Waals surface area contributed by atoms with Crippen molar-refractivity contribution in [2.24, 2.45) is 0 Å². The molecule has 110 valence electrons. The summed E-state index contributed by atoms with van der Waals surface area (Å²) in [5.41, 5.74) is 4.27. The van der Waals surface area contributed by atoms with Gasteiger partial charge in [-0.2, -0.15) is 0 Å². The summed E-state index contributed by atoms with van der Waals surface area (Å²) in [4.78, 5) is 10.3. The van der Waals surface area contributed by atoms with Gasteiger partial charge in [0.15, 0.2) is 5.82 Å².